The van der Waals surface area contributed by atoms with Crippen molar-refractivity contribution in [2.45, 2.75) is 31.8 Å². The molecule has 4 nitrogen and oxygen atoms in total. The maximum atomic E-state index is 11.7. The van der Waals surface area contributed by atoms with E-state index in [0.717, 1.165) is 25.7 Å². The Morgan fingerprint density at radius 2 is 1.88 bits per heavy atom. The largest absolute Gasteiger partial charge is 0.459 e. The molecule has 4 N–H and O–H groups in total. The van der Waals surface area contributed by atoms with E-state index in [4.69, 9.17) is 16.2 Å². The van der Waals surface area contributed by atoms with Gasteiger partial charge in [0, 0.05) is 0 Å². The zero-order valence-electron chi connectivity index (χ0n) is 9.11. The van der Waals surface area contributed by atoms with Crippen LogP contribution in [0.5, 0.6) is 0 Å². The third kappa shape index (κ3) is 2.27. The summed E-state index contributed by atoms with van der Waals surface area (Å²) in [6, 6.07) is 4.83. The zero-order chi connectivity index (χ0) is 11.5. The highest BCUT2D eigenvalue weighted by Gasteiger charge is 2.20. The fourth-order valence-corrected chi connectivity index (χ4v) is 1.93. The van der Waals surface area contributed by atoms with Crippen molar-refractivity contribution in [1.29, 1.82) is 0 Å². The van der Waals surface area contributed by atoms with Gasteiger partial charge < -0.3 is 16.2 Å². The minimum Gasteiger partial charge on any atom is -0.459 e. The number of benzene rings is 1. The first-order valence-electron chi connectivity index (χ1n) is 5.53. The lowest BCUT2D eigenvalue weighted by atomic mass is 10.2. The van der Waals surface area contributed by atoms with E-state index in [1.807, 2.05) is 0 Å². The van der Waals surface area contributed by atoms with Crippen molar-refractivity contribution in [2.75, 3.05) is 11.5 Å². The van der Waals surface area contributed by atoms with E-state index in [2.05, 4.69) is 0 Å². The number of ether oxygens (including phenoxy) is 1. The highest BCUT2D eigenvalue weighted by Crippen LogP contribution is 2.23. The third-order valence-corrected chi connectivity index (χ3v) is 2.90. The molecule has 1 aromatic rings. The smallest absolute Gasteiger partial charge is 0.338 e. The summed E-state index contributed by atoms with van der Waals surface area (Å²) in [5.74, 6) is -0.307. The Morgan fingerprint density at radius 3 is 2.50 bits per heavy atom. The highest BCUT2D eigenvalue weighted by molar-refractivity contribution is 5.91. The van der Waals surface area contributed by atoms with Crippen LogP contribution in [0.1, 0.15) is 36.0 Å². The number of carbonyl (C=O) groups excluding carboxylic acids is 1. The van der Waals surface area contributed by atoms with Gasteiger partial charge in [-0.05, 0) is 43.9 Å². The number of carbonyl (C=O) groups is 1. The van der Waals surface area contributed by atoms with E-state index in [1.54, 1.807) is 18.2 Å². The number of nitrogen functional groups attached to an aromatic ring is 2. The molecule has 0 radical (unpaired) electrons. The third-order valence-electron chi connectivity index (χ3n) is 2.90. The van der Waals surface area contributed by atoms with Crippen molar-refractivity contribution in [1.82, 2.24) is 0 Å². The number of esters is 1. The summed E-state index contributed by atoms with van der Waals surface area (Å²) in [7, 11) is 0. The normalized spacial score (nSPS) is 16.2. The minimum atomic E-state index is -0.307. The Balaban J connectivity index is 2.05. The van der Waals surface area contributed by atoms with Gasteiger partial charge in [-0.25, -0.2) is 4.79 Å². The van der Waals surface area contributed by atoms with Gasteiger partial charge in [0.25, 0.3) is 0 Å². The molecule has 86 valence electrons. The molecule has 1 aromatic carbocycles. The molecule has 1 aliphatic carbocycles. The molecule has 0 heterocycles. The summed E-state index contributed by atoms with van der Waals surface area (Å²) < 4.78 is 5.36. The lowest BCUT2D eigenvalue weighted by Gasteiger charge is -2.11. The van der Waals surface area contributed by atoms with Crippen molar-refractivity contribution in [3.63, 3.8) is 0 Å². The minimum absolute atomic E-state index is 0.0753. The Bertz CT molecular complexity index is 398. The molecule has 0 bridgehead atoms. The van der Waals surface area contributed by atoms with Gasteiger partial charge in [-0.3, -0.25) is 0 Å². The van der Waals surface area contributed by atoms with E-state index in [-0.39, 0.29) is 12.1 Å². The lowest BCUT2D eigenvalue weighted by Crippen LogP contribution is -2.15. The first-order valence-corrected chi connectivity index (χ1v) is 5.53. The van der Waals surface area contributed by atoms with Gasteiger partial charge in [0.05, 0.1) is 16.9 Å². The summed E-state index contributed by atoms with van der Waals surface area (Å²) in [4.78, 5) is 11.7. The Hall–Kier alpha value is -1.71. The quantitative estimate of drug-likeness (QED) is 0.589. The predicted molar refractivity (Wildman–Crippen MR) is 62.9 cm³/mol. The van der Waals surface area contributed by atoms with E-state index in [9.17, 15) is 4.79 Å². The second-order valence-corrected chi connectivity index (χ2v) is 4.16. The molecule has 4 heteroatoms. The summed E-state index contributed by atoms with van der Waals surface area (Å²) in [6.45, 7) is 0. The van der Waals surface area contributed by atoms with Gasteiger partial charge >= 0.3 is 5.97 Å². The average molecular weight is 220 g/mol. The van der Waals surface area contributed by atoms with Crippen LogP contribution in [0.15, 0.2) is 18.2 Å². The Kier molecular flexibility index (Phi) is 2.99. The zero-order valence-corrected chi connectivity index (χ0v) is 9.11. The van der Waals surface area contributed by atoms with Gasteiger partial charge in [-0.2, -0.15) is 0 Å². The molecule has 0 atom stereocenters. The van der Waals surface area contributed by atoms with Gasteiger partial charge in [-0.15, -0.1) is 0 Å². The molecule has 16 heavy (non-hydrogen) atoms. The van der Waals surface area contributed by atoms with Crippen LogP contribution in [0.25, 0.3) is 0 Å². The van der Waals surface area contributed by atoms with Gasteiger partial charge in [0.1, 0.15) is 6.10 Å². The summed E-state index contributed by atoms with van der Waals surface area (Å²) in [5, 5.41) is 0. The van der Waals surface area contributed by atoms with Gasteiger partial charge in [-0.1, -0.05) is 0 Å². The second-order valence-electron chi connectivity index (χ2n) is 4.16. The van der Waals surface area contributed by atoms with Crippen LogP contribution in [0.3, 0.4) is 0 Å². The van der Waals surface area contributed by atoms with Crippen LogP contribution in [0, 0.1) is 0 Å². The average Bonchev–Trinajstić information content (AvgIpc) is 2.74. The van der Waals surface area contributed by atoms with Crippen molar-refractivity contribution in [3.8, 4) is 0 Å². The fraction of sp³-hybridized carbons (Fsp3) is 0.417. The van der Waals surface area contributed by atoms with Crippen LogP contribution < -0.4 is 11.5 Å². The molecular weight excluding hydrogens is 204 g/mol. The number of hydrogen-bond acceptors (Lipinski definition) is 4. The molecular formula is C12H16N2O2. The van der Waals surface area contributed by atoms with Crippen LogP contribution in [-0.4, -0.2) is 12.1 Å². The SMILES string of the molecule is Nc1ccc(C(=O)OC2CCCC2)cc1N. The monoisotopic (exact) mass is 220 g/mol. The maximum Gasteiger partial charge on any atom is 0.338 e. The Labute approximate surface area is 94.6 Å². The van der Waals surface area contributed by atoms with Crippen molar-refractivity contribution >= 4 is 17.3 Å². The highest BCUT2D eigenvalue weighted by atomic mass is 16.5. The van der Waals surface area contributed by atoms with Crippen LogP contribution in [-0.2, 0) is 4.74 Å². The van der Waals surface area contributed by atoms with Gasteiger partial charge in [0.2, 0.25) is 0 Å². The molecule has 1 saturated carbocycles. The van der Waals surface area contributed by atoms with Crippen molar-refractivity contribution in [2.24, 2.45) is 0 Å². The summed E-state index contributed by atoms with van der Waals surface area (Å²) in [6.07, 6.45) is 4.29. The number of hydrogen-bond donors (Lipinski definition) is 2. The molecule has 1 fully saturated rings. The molecule has 0 aromatic heterocycles. The maximum absolute atomic E-state index is 11.7. The number of anilines is 2. The Morgan fingerprint density at radius 1 is 1.19 bits per heavy atom. The standard InChI is InChI=1S/C12H16N2O2/c13-10-6-5-8(7-11(10)14)12(15)16-9-3-1-2-4-9/h5-7,9H,1-4,13-14H2. The topological polar surface area (TPSA) is 78.3 Å². The molecule has 0 unspecified atom stereocenters. The second kappa shape index (κ2) is 4.43. The lowest BCUT2D eigenvalue weighted by molar-refractivity contribution is 0.0318. The number of rotatable bonds is 2. The number of nitrogens with two attached hydrogens (primary N) is 2. The predicted octanol–water partition coefficient (Wildman–Crippen LogP) is 1.95. The first kappa shape index (κ1) is 10.8. The van der Waals surface area contributed by atoms with Crippen LogP contribution >= 0.6 is 0 Å². The molecule has 1 aliphatic rings. The van der Waals surface area contributed by atoms with Crippen LogP contribution in [0.4, 0.5) is 11.4 Å². The first-order chi connectivity index (χ1) is 7.66. The van der Waals surface area contributed by atoms with E-state index < -0.39 is 0 Å². The van der Waals surface area contributed by atoms with Crippen molar-refractivity contribution in [3.05, 3.63) is 23.8 Å². The van der Waals surface area contributed by atoms with E-state index in [1.165, 1.54) is 0 Å². The van der Waals surface area contributed by atoms with E-state index in [0.29, 0.717) is 16.9 Å². The molecule has 2 rings (SSSR count). The molecule has 0 amide bonds. The summed E-state index contributed by atoms with van der Waals surface area (Å²) in [5.41, 5.74) is 12.6. The fourth-order valence-electron chi connectivity index (χ4n) is 1.93. The van der Waals surface area contributed by atoms with E-state index >= 15 is 0 Å². The van der Waals surface area contributed by atoms with Gasteiger partial charge in [0.15, 0.2) is 0 Å². The molecule has 0 saturated heterocycles. The summed E-state index contributed by atoms with van der Waals surface area (Å²) >= 11 is 0. The van der Waals surface area contributed by atoms with Crippen LogP contribution in [0.2, 0.25) is 0 Å². The molecule has 0 aliphatic heterocycles. The van der Waals surface area contributed by atoms with Crippen molar-refractivity contribution < 1.29 is 9.53 Å². The molecule has 0 spiro atoms.